The molecule has 0 unspecified atom stereocenters. The Morgan fingerprint density at radius 1 is 1.25 bits per heavy atom. The number of hydrogen-bond donors (Lipinski definition) is 2. The van der Waals surface area contributed by atoms with E-state index in [-0.39, 0.29) is 17.0 Å². The number of amides is 1. The van der Waals surface area contributed by atoms with Crippen LogP contribution < -0.4 is 10.1 Å². The molecule has 0 saturated carbocycles. The molecule has 0 saturated heterocycles. The number of carboxylic acid groups (broad SMARTS) is 1. The van der Waals surface area contributed by atoms with E-state index in [1.54, 1.807) is 25.1 Å². The number of ether oxygens (including phenoxy) is 1. The zero-order valence-corrected chi connectivity index (χ0v) is 12.7. The second-order valence-corrected chi connectivity index (χ2v) is 4.92. The lowest BCUT2D eigenvalue weighted by Gasteiger charge is -2.08. The van der Waals surface area contributed by atoms with Crippen molar-refractivity contribution in [1.82, 2.24) is 0 Å². The smallest absolute Gasteiger partial charge is 0.341 e. The number of hydrogen-bond acceptors (Lipinski definition) is 5. The highest BCUT2D eigenvalue weighted by atomic mass is 16.6. The third kappa shape index (κ3) is 4.29. The third-order valence-electron chi connectivity index (χ3n) is 3.12. The lowest BCUT2D eigenvalue weighted by molar-refractivity contribution is -0.385. The van der Waals surface area contributed by atoms with Crippen LogP contribution in [0.2, 0.25) is 0 Å². The van der Waals surface area contributed by atoms with E-state index in [1.807, 2.05) is 0 Å². The van der Waals surface area contributed by atoms with E-state index in [9.17, 15) is 19.7 Å². The lowest BCUT2D eigenvalue weighted by Crippen LogP contribution is -2.13. The largest absolute Gasteiger partial charge is 0.482 e. The van der Waals surface area contributed by atoms with Crippen molar-refractivity contribution in [2.45, 2.75) is 6.92 Å². The van der Waals surface area contributed by atoms with Gasteiger partial charge in [0.25, 0.3) is 11.6 Å². The van der Waals surface area contributed by atoms with Crippen molar-refractivity contribution >= 4 is 23.3 Å². The number of anilines is 1. The summed E-state index contributed by atoms with van der Waals surface area (Å²) in [7, 11) is 0. The van der Waals surface area contributed by atoms with Crippen molar-refractivity contribution in [1.29, 1.82) is 0 Å². The quantitative estimate of drug-likeness (QED) is 0.621. The summed E-state index contributed by atoms with van der Waals surface area (Å²) in [5.74, 6) is -1.35. The standard InChI is InChI=1S/C16H14N2O6/c1-10-5-6-11(7-14(10)18(22)23)16(21)17-12-3-2-4-13(8-12)24-9-15(19)20/h2-8H,9H2,1H3,(H,17,21)(H,19,20). The molecule has 1 amide bonds. The number of nitrogens with one attached hydrogen (secondary N) is 1. The second kappa shape index (κ2) is 7.23. The molecule has 0 aliphatic carbocycles. The fourth-order valence-corrected chi connectivity index (χ4v) is 1.96. The van der Waals surface area contributed by atoms with E-state index in [1.165, 1.54) is 24.3 Å². The van der Waals surface area contributed by atoms with Crippen LogP contribution in [-0.2, 0) is 4.79 Å². The van der Waals surface area contributed by atoms with Crippen molar-refractivity contribution in [2.24, 2.45) is 0 Å². The molecule has 0 aliphatic rings. The number of nitro benzene ring substituents is 1. The number of carbonyl (C=O) groups is 2. The van der Waals surface area contributed by atoms with Crippen LogP contribution in [0.3, 0.4) is 0 Å². The van der Waals surface area contributed by atoms with Gasteiger partial charge in [0.05, 0.1) is 4.92 Å². The Labute approximate surface area is 136 Å². The van der Waals surface area contributed by atoms with E-state index in [0.717, 1.165) is 0 Å². The summed E-state index contributed by atoms with van der Waals surface area (Å²) in [5, 5.41) is 22.1. The molecule has 2 rings (SSSR count). The average Bonchev–Trinajstić information content (AvgIpc) is 2.53. The summed E-state index contributed by atoms with van der Waals surface area (Å²) in [4.78, 5) is 33.1. The minimum Gasteiger partial charge on any atom is -0.482 e. The van der Waals surface area contributed by atoms with Crippen LogP contribution in [0.1, 0.15) is 15.9 Å². The number of benzene rings is 2. The lowest BCUT2D eigenvalue weighted by atomic mass is 10.1. The van der Waals surface area contributed by atoms with E-state index in [2.05, 4.69) is 5.32 Å². The number of nitrogens with zero attached hydrogens (tertiary/aromatic N) is 1. The Morgan fingerprint density at radius 2 is 2.00 bits per heavy atom. The van der Waals surface area contributed by atoms with Crippen LogP contribution in [0.4, 0.5) is 11.4 Å². The fourth-order valence-electron chi connectivity index (χ4n) is 1.96. The summed E-state index contributed by atoms with van der Waals surface area (Å²) in [6.45, 7) is 1.09. The van der Waals surface area contributed by atoms with Crippen molar-refractivity contribution in [2.75, 3.05) is 11.9 Å². The van der Waals surface area contributed by atoms with Crippen LogP contribution in [0.15, 0.2) is 42.5 Å². The summed E-state index contributed by atoms with van der Waals surface area (Å²) in [5.41, 5.74) is 0.845. The molecule has 0 aliphatic heterocycles. The topological polar surface area (TPSA) is 119 Å². The van der Waals surface area contributed by atoms with E-state index >= 15 is 0 Å². The SMILES string of the molecule is Cc1ccc(C(=O)Nc2cccc(OCC(=O)O)c2)cc1[N+](=O)[O-]. The first-order valence-corrected chi connectivity index (χ1v) is 6.88. The van der Waals surface area contributed by atoms with Gasteiger partial charge in [-0.1, -0.05) is 12.1 Å². The maximum absolute atomic E-state index is 12.2. The van der Waals surface area contributed by atoms with Gasteiger partial charge >= 0.3 is 5.97 Å². The number of carboxylic acids is 1. The highest BCUT2D eigenvalue weighted by Gasteiger charge is 2.15. The van der Waals surface area contributed by atoms with Crippen LogP contribution in [0.5, 0.6) is 5.75 Å². The molecule has 8 nitrogen and oxygen atoms in total. The van der Waals surface area contributed by atoms with Crippen LogP contribution >= 0.6 is 0 Å². The van der Waals surface area contributed by atoms with Gasteiger partial charge in [0.15, 0.2) is 6.61 Å². The van der Waals surface area contributed by atoms with Gasteiger partial charge in [0.2, 0.25) is 0 Å². The number of aliphatic carboxylic acids is 1. The average molecular weight is 330 g/mol. The van der Waals surface area contributed by atoms with Gasteiger partial charge in [0, 0.05) is 28.9 Å². The van der Waals surface area contributed by atoms with Gasteiger partial charge < -0.3 is 15.2 Å². The zero-order chi connectivity index (χ0) is 17.7. The highest BCUT2D eigenvalue weighted by molar-refractivity contribution is 6.04. The highest BCUT2D eigenvalue weighted by Crippen LogP contribution is 2.21. The van der Waals surface area contributed by atoms with Crippen molar-refractivity contribution in [3.05, 3.63) is 63.7 Å². The molecule has 2 N–H and O–H groups in total. The van der Waals surface area contributed by atoms with E-state index < -0.39 is 23.4 Å². The first-order valence-electron chi connectivity index (χ1n) is 6.88. The molecule has 0 aromatic heterocycles. The summed E-state index contributed by atoms with van der Waals surface area (Å²) in [6, 6.07) is 10.4. The minimum absolute atomic E-state index is 0.138. The Kier molecular flexibility index (Phi) is 5.10. The first kappa shape index (κ1) is 16.9. The van der Waals surface area contributed by atoms with Crippen molar-refractivity contribution in [3.63, 3.8) is 0 Å². The molecule has 0 spiro atoms. The molecule has 2 aromatic carbocycles. The monoisotopic (exact) mass is 330 g/mol. The molecule has 0 bridgehead atoms. The molecule has 2 aromatic rings. The maximum atomic E-state index is 12.2. The number of rotatable bonds is 6. The van der Waals surface area contributed by atoms with Crippen LogP contribution in [-0.4, -0.2) is 28.5 Å². The molecule has 0 fully saturated rings. The molecular formula is C16H14N2O6. The molecule has 0 radical (unpaired) electrons. The van der Waals surface area contributed by atoms with Gasteiger partial charge in [0.1, 0.15) is 5.75 Å². The molecule has 124 valence electrons. The predicted octanol–water partition coefficient (Wildman–Crippen LogP) is 2.62. The zero-order valence-electron chi connectivity index (χ0n) is 12.7. The molecular weight excluding hydrogens is 316 g/mol. The third-order valence-corrected chi connectivity index (χ3v) is 3.12. The molecule has 0 atom stereocenters. The van der Waals surface area contributed by atoms with Crippen molar-refractivity contribution in [3.8, 4) is 5.75 Å². The van der Waals surface area contributed by atoms with Crippen molar-refractivity contribution < 1.29 is 24.4 Å². The Bertz CT molecular complexity index is 803. The first-order chi connectivity index (χ1) is 11.4. The Morgan fingerprint density at radius 3 is 2.67 bits per heavy atom. The summed E-state index contributed by atoms with van der Waals surface area (Å²) < 4.78 is 5.02. The Hall–Kier alpha value is -3.42. The number of aryl methyl sites for hydroxylation is 1. The van der Waals surface area contributed by atoms with Gasteiger partial charge in [-0.2, -0.15) is 0 Å². The molecule has 8 heteroatoms. The molecule has 24 heavy (non-hydrogen) atoms. The predicted molar refractivity (Wildman–Crippen MR) is 85.4 cm³/mol. The van der Waals surface area contributed by atoms with Crippen LogP contribution in [0.25, 0.3) is 0 Å². The summed E-state index contributed by atoms with van der Waals surface area (Å²) >= 11 is 0. The van der Waals surface area contributed by atoms with E-state index in [4.69, 9.17) is 9.84 Å². The number of carbonyl (C=O) groups excluding carboxylic acids is 1. The minimum atomic E-state index is -1.11. The molecule has 0 heterocycles. The maximum Gasteiger partial charge on any atom is 0.341 e. The van der Waals surface area contributed by atoms with E-state index in [0.29, 0.717) is 11.3 Å². The van der Waals surface area contributed by atoms with Gasteiger partial charge in [-0.15, -0.1) is 0 Å². The fraction of sp³-hybridized carbons (Fsp3) is 0.125. The number of nitro groups is 1. The summed E-state index contributed by atoms with van der Waals surface area (Å²) in [6.07, 6.45) is 0. The van der Waals surface area contributed by atoms with Crippen LogP contribution in [0, 0.1) is 17.0 Å². The van der Waals surface area contributed by atoms with Gasteiger partial charge in [-0.25, -0.2) is 4.79 Å². The van der Waals surface area contributed by atoms with Gasteiger partial charge in [-0.05, 0) is 25.1 Å². The van der Waals surface area contributed by atoms with Gasteiger partial charge in [-0.3, -0.25) is 14.9 Å². The normalized spacial score (nSPS) is 10.0. The second-order valence-electron chi connectivity index (χ2n) is 4.92. The Balaban J connectivity index is 2.15.